The van der Waals surface area contributed by atoms with E-state index in [4.69, 9.17) is 4.74 Å². The van der Waals surface area contributed by atoms with Crippen molar-refractivity contribution in [2.45, 2.75) is 37.6 Å². The van der Waals surface area contributed by atoms with Gasteiger partial charge in [0.15, 0.2) is 6.23 Å². The maximum absolute atomic E-state index is 12.3. The maximum atomic E-state index is 12.3. The molecule has 1 aromatic carbocycles. The molecule has 3 heterocycles. The standard InChI is InChI=1S/C19H22N6O5/c26-11-14-16(27)17(28)18(30-14)25-7-6-15(21-19(25)29)20-8-13-10-24(23-22-13)9-12-4-2-1-3-5-12/h1-7,10,14,16-18,26-28H,8-9,11H2,(H,20,21,29)/t14-,16-,17-,18+/m0/s1. The first-order valence-corrected chi connectivity index (χ1v) is 9.43. The minimum atomic E-state index is -1.35. The van der Waals surface area contributed by atoms with Gasteiger partial charge in [-0.15, -0.1) is 5.10 Å². The monoisotopic (exact) mass is 414 g/mol. The Kier molecular flexibility index (Phi) is 5.86. The van der Waals surface area contributed by atoms with Crippen molar-refractivity contribution in [1.29, 1.82) is 0 Å². The third-order valence-corrected chi connectivity index (χ3v) is 4.85. The lowest BCUT2D eigenvalue weighted by atomic mass is 10.1. The summed E-state index contributed by atoms with van der Waals surface area (Å²) in [6.07, 6.45) is -1.51. The van der Waals surface area contributed by atoms with Crippen LogP contribution in [0.3, 0.4) is 0 Å². The molecule has 1 fully saturated rings. The van der Waals surface area contributed by atoms with Gasteiger partial charge < -0.3 is 25.4 Å². The third-order valence-electron chi connectivity index (χ3n) is 4.85. The molecule has 30 heavy (non-hydrogen) atoms. The fraction of sp³-hybridized carbons (Fsp3) is 0.368. The second-order valence-corrected chi connectivity index (χ2v) is 6.98. The smallest absolute Gasteiger partial charge is 0.351 e. The molecule has 11 nitrogen and oxygen atoms in total. The van der Waals surface area contributed by atoms with Gasteiger partial charge in [-0.05, 0) is 11.6 Å². The van der Waals surface area contributed by atoms with Crippen molar-refractivity contribution < 1.29 is 20.1 Å². The average molecular weight is 414 g/mol. The van der Waals surface area contributed by atoms with Crippen LogP contribution in [0.1, 0.15) is 17.5 Å². The number of aromatic nitrogens is 5. The summed E-state index contributed by atoms with van der Waals surface area (Å²) in [6.45, 7) is 0.452. The maximum Gasteiger partial charge on any atom is 0.351 e. The van der Waals surface area contributed by atoms with Crippen LogP contribution < -0.4 is 11.0 Å². The number of aliphatic hydroxyl groups excluding tert-OH is 3. The van der Waals surface area contributed by atoms with Gasteiger partial charge in [-0.3, -0.25) is 4.57 Å². The SMILES string of the molecule is O=c1nc(NCc2cn(Cc3ccccc3)nn2)ccn1[C@@H]1O[C@@H](CO)[C@H](O)[C@@H]1O. The van der Waals surface area contributed by atoms with Crippen LogP contribution >= 0.6 is 0 Å². The molecule has 3 aromatic rings. The Morgan fingerprint density at radius 2 is 1.93 bits per heavy atom. The number of ether oxygens (including phenoxy) is 1. The minimum Gasteiger partial charge on any atom is -0.394 e. The van der Waals surface area contributed by atoms with Crippen molar-refractivity contribution in [3.8, 4) is 0 Å². The summed E-state index contributed by atoms with van der Waals surface area (Å²) in [4.78, 5) is 16.3. The Morgan fingerprint density at radius 3 is 2.63 bits per heavy atom. The molecule has 0 aliphatic carbocycles. The summed E-state index contributed by atoms with van der Waals surface area (Å²) in [5.41, 5.74) is 1.13. The molecule has 158 valence electrons. The summed E-state index contributed by atoms with van der Waals surface area (Å²) >= 11 is 0. The molecule has 0 spiro atoms. The second kappa shape index (κ2) is 8.71. The lowest BCUT2D eigenvalue weighted by Crippen LogP contribution is -2.36. The molecule has 11 heteroatoms. The highest BCUT2D eigenvalue weighted by molar-refractivity contribution is 5.32. The largest absolute Gasteiger partial charge is 0.394 e. The molecule has 2 aromatic heterocycles. The Balaban J connectivity index is 1.38. The van der Waals surface area contributed by atoms with Crippen LogP contribution in [0.4, 0.5) is 5.82 Å². The fourth-order valence-electron chi connectivity index (χ4n) is 3.26. The third kappa shape index (κ3) is 4.24. The molecule has 0 radical (unpaired) electrons. The van der Waals surface area contributed by atoms with Gasteiger partial charge in [-0.25, -0.2) is 9.48 Å². The molecule has 0 saturated carbocycles. The van der Waals surface area contributed by atoms with Crippen LogP contribution in [0.2, 0.25) is 0 Å². The van der Waals surface area contributed by atoms with E-state index >= 15 is 0 Å². The van der Waals surface area contributed by atoms with E-state index in [1.807, 2.05) is 30.3 Å². The predicted octanol–water partition coefficient (Wildman–Crippen LogP) is -0.893. The van der Waals surface area contributed by atoms with Gasteiger partial charge in [0.05, 0.1) is 25.9 Å². The molecule has 1 aliphatic heterocycles. The van der Waals surface area contributed by atoms with Crippen LogP contribution in [0.15, 0.2) is 53.6 Å². The van der Waals surface area contributed by atoms with E-state index in [0.29, 0.717) is 24.6 Å². The number of aliphatic hydroxyl groups is 3. The molecular formula is C19H22N6O5. The summed E-state index contributed by atoms with van der Waals surface area (Å²) in [5.74, 6) is 0.320. The van der Waals surface area contributed by atoms with Gasteiger partial charge in [0.2, 0.25) is 0 Å². The first-order chi connectivity index (χ1) is 14.5. The lowest BCUT2D eigenvalue weighted by molar-refractivity contribution is -0.0549. The highest BCUT2D eigenvalue weighted by Crippen LogP contribution is 2.28. The summed E-state index contributed by atoms with van der Waals surface area (Å²) < 4.78 is 8.15. The Labute approximate surface area is 171 Å². The second-order valence-electron chi connectivity index (χ2n) is 6.98. The number of nitrogens with one attached hydrogen (secondary N) is 1. The minimum absolute atomic E-state index is 0.319. The van der Waals surface area contributed by atoms with E-state index in [1.165, 1.54) is 6.20 Å². The molecule has 4 rings (SSSR count). The van der Waals surface area contributed by atoms with E-state index in [-0.39, 0.29) is 0 Å². The number of hydrogen-bond acceptors (Lipinski definition) is 9. The molecule has 0 amide bonds. The fourth-order valence-corrected chi connectivity index (χ4v) is 3.26. The van der Waals surface area contributed by atoms with E-state index in [9.17, 15) is 20.1 Å². The summed E-state index contributed by atoms with van der Waals surface area (Å²) in [7, 11) is 0. The van der Waals surface area contributed by atoms with E-state index in [0.717, 1.165) is 10.1 Å². The molecular weight excluding hydrogens is 392 g/mol. The molecule has 1 aliphatic rings. The number of nitrogens with zero attached hydrogens (tertiary/aromatic N) is 5. The summed E-state index contributed by atoms with van der Waals surface area (Å²) in [5, 5.41) is 40.3. The van der Waals surface area contributed by atoms with Crippen LogP contribution in [0.5, 0.6) is 0 Å². The van der Waals surface area contributed by atoms with Gasteiger partial charge in [0.25, 0.3) is 0 Å². The van der Waals surface area contributed by atoms with Crippen molar-refractivity contribution in [3.63, 3.8) is 0 Å². The quantitative estimate of drug-likeness (QED) is 0.386. The molecule has 0 bridgehead atoms. The lowest BCUT2D eigenvalue weighted by Gasteiger charge is -2.17. The zero-order chi connectivity index (χ0) is 21.1. The van der Waals surface area contributed by atoms with Crippen LogP contribution in [0, 0.1) is 0 Å². The van der Waals surface area contributed by atoms with Gasteiger partial charge >= 0.3 is 5.69 Å². The molecule has 4 N–H and O–H groups in total. The topological polar surface area (TPSA) is 148 Å². The van der Waals surface area contributed by atoms with Crippen LogP contribution in [0.25, 0.3) is 0 Å². The van der Waals surface area contributed by atoms with E-state index < -0.39 is 36.8 Å². The van der Waals surface area contributed by atoms with Crippen molar-refractivity contribution in [2.75, 3.05) is 11.9 Å². The van der Waals surface area contributed by atoms with Crippen molar-refractivity contribution in [2.24, 2.45) is 0 Å². The average Bonchev–Trinajstić information content (AvgIpc) is 3.32. The van der Waals surface area contributed by atoms with Crippen molar-refractivity contribution in [3.05, 3.63) is 70.5 Å². The number of benzene rings is 1. The Morgan fingerprint density at radius 1 is 1.13 bits per heavy atom. The number of rotatable bonds is 7. The highest BCUT2D eigenvalue weighted by atomic mass is 16.6. The first kappa shape index (κ1) is 20.2. The van der Waals surface area contributed by atoms with Crippen LogP contribution in [-0.2, 0) is 17.8 Å². The zero-order valence-corrected chi connectivity index (χ0v) is 15.9. The van der Waals surface area contributed by atoms with Crippen LogP contribution in [-0.4, -0.2) is 64.8 Å². The Bertz CT molecular complexity index is 1040. The Hall–Kier alpha value is -3.12. The van der Waals surface area contributed by atoms with Gasteiger partial charge in [0, 0.05) is 6.20 Å². The number of hydrogen-bond donors (Lipinski definition) is 4. The van der Waals surface area contributed by atoms with E-state index in [2.05, 4.69) is 20.6 Å². The zero-order valence-electron chi connectivity index (χ0n) is 15.9. The summed E-state index contributed by atoms with van der Waals surface area (Å²) in [6, 6.07) is 11.4. The predicted molar refractivity (Wildman–Crippen MR) is 104 cm³/mol. The normalized spacial score (nSPS) is 23.6. The van der Waals surface area contributed by atoms with E-state index in [1.54, 1.807) is 16.9 Å². The molecule has 1 saturated heterocycles. The van der Waals surface area contributed by atoms with Gasteiger partial charge in [-0.2, -0.15) is 4.98 Å². The van der Waals surface area contributed by atoms with Crippen molar-refractivity contribution in [1.82, 2.24) is 24.5 Å². The van der Waals surface area contributed by atoms with Crippen molar-refractivity contribution >= 4 is 5.82 Å². The van der Waals surface area contributed by atoms with Gasteiger partial charge in [0.1, 0.15) is 29.8 Å². The van der Waals surface area contributed by atoms with Gasteiger partial charge in [-0.1, -0.05) is 35.5 Å². The number of anilines is 1. The molecule has 4 atom stereocenters. The first-order valence-electron chi connectivity index (χ1n) is 9.43. The highest BCUT2D eigenvalue weighted by Gasteiger charge is 2.43. The molecule has 0 unspecified atom stereocenters.